The van der Waals surface area contributed by atoms with E-state index in [2.05, 4.69) is 10.0 Å². The normalized spacial score (nSPS) is 16.5. The Balaban J connectivity index is 1.75. The van der Waals surface area contributed by atoms with Gasteiger partial charge < -0.3 is 10.1 Å². The van der Waals surface area contributed by atoms with Crippen molar-refractivity contribution in [2.24, 2.45) is 0 Å². The van der Waals surface area contributed by atoms with E-state index in [1.54, 1.807) is 0 Å². The van der Waals surface area contributed by atoms with Gasteiger partial charge in [0.2, 0.25) is 0 Å². The number of nitro groups is 1. The van der Waals surface area contributed by atoms with Gasteiger partial charge in [-0.05, 0) is 43.7 Å². The lowest BCUT2D eigenvalue weighted by Gasteiger charge is -2.12. The van der Waals surface area contributed by atoms with Gasteiger partial charge in [-0.2, -0.15) is 0 Å². The SMILES string of the molecule is O=C(OCC1CCCN1)c1cccc(NS(=O)(=O)c2ccccc2[N+](=O)[O-])c1. The first-order chi connectivity index (χ1) is 13.4. The Morgan fingerprint density at radius 2 is 2.04 bits per heavy atom. The number of sulfonamides is 1. The number of nitro benzene ring substituents is 1. The van der Waals surface area contributed by atoms with Crippen molar-refractivity contribution >= 4 is 27.4 Å². The van der Waals surface area contributed by atoms with E-state index in [9.17, 15) is 23.3 Å². The number of nitrogens with zero attached hydrogens (tertiary/aromatic N) is 1. The van der Waals surface area contributed by atoms with Gasteiger partial charge >= 0.3 is 5.97 Å². The highest BCUT2D eigenvalue weighted by Crippen LogP contribution is 2.25. The van der Waals surface area contributed by atoms with Crippen LogP contribution in [0.3, 0.4) is 0 Å². The maximum Gasteiger partial charge on any atom is 0.338 e. The Labute approximate surface area is 161 Å². The molecule has 1 heterocycles. The number of benzene rings is 2. The summed E-state index contributed by atoms with van der Waals surface area (Å²) in [6, 6.07) is 10.9. The van der Waals surface area contributed by atoms with Crippen molar-refractivity contribution in [3.8, 4) is 0 Å². The minimum atomic E-state index is -4.21. The Hall–Kier alpha value is -2.98. The average molecular weight is 405 g/mol. The predicted molar refractivity (Wildman–Crippen MR) is 102 cm³/mol. The van der Waals surface area contributed by atoms with E-state index < -0.39 is 31.5 Å². The molecule has 1 unspecified atom stereocenters. The zero-order valence-corrected chi connectivity index (χ0v) is 15.6. The number of rotatable bonds is 7. The summed E-state index contributed by atoms with van der Waals surface area (Å²) in [4.78, 5) is 22.1. The Morgan fingerprint density at radius 3 is 2.75 bits per heavy atom. The third kappa shape index (κ3) is 4.65. The number of ether oxygens (including phenoxy) is 1. The molecule has 2 N–H and O–H groups in total. The summed E-state index contributed by atoms with van der Waals surface area (Å²) in [5, 5.41) is 14.3. The number of para-hydroxylation sites is 1. The minimum absolute atomic E-state index is 0.103. The highest BCUT2D eigenvalue weighted by molar-refractivity contribution is 7.92. The standard InChI is InChI=1S/C18H19N3O6S/c22-18(27-12-15-7-4-10-19-15)13-5-3-6-14(11-13)20-28(25,26)17-9-2-1-8-16(17)21(23)24/h1-3,5-6,8-9,11,15,19-20H,4,7,10,12H2. The summed E-state index contributed by atoms with van der Waals surface area (Å²) >= 11 is 0. The van der Waals surface area contributed by atoms with Gasteiger partial charge in [0.25, 0.3) is 15.7 Å². The second-order valence-electron chi connectivity index (χ2n) is 6.30. The van der Waals surface area contributed by atoms with Crippen molar-refractivity contribution in [1.82, 2.24) is 5.32 Å². The van der Waals surface area contributed by atoms with Crippen molar-refractivity contribution < 1.29 is 22.9 Å². The molecule has 2 aromatic rings. The molecule has 0 spiro atoms. The van der Waals surface area contributed by atoms with E-state index in [1.165, 1.54) is 36.4 Å². The summed E-state index contributed by atoms with van der Waals surface area (Å²) in [6.45, 7) is 1.14. The van der Waals surface area contributed by atoms with Crippen LogP contribution >= 0.6 is 0 Å². The second kappa shape index (κ2) is 8.36. The summed E-state index contributed by atoms with van der Waals surface area (Å²) in [5.41, 5.74) is -0.248. The smallest absolute Gasteiger partial charge is 0.338 e. The highest BCUT2D eigenvalue weighted by atomic mass is 32.2. The number of carbonyl (C=O) groups is 1. The largest absolute Gasteiger partial charge is 0.460 e. The Morgan fingerprint density at radius 1 is 1.25 bits per heavy atom. The summed E-state index contributed by atoms with van der Waals surface area (Å²) in [6.07, 6.45) is 1.97. The molecule has 148 valence electrons. The molecule has 0 bridgehead atoms. The molecule has 1 aliphatic rings. The monoisotopic (exact) mass is 405 g/mol. The van der Waals surface area contributed by atoms with Gasteiger partial charge in [0.1, 0.15) is 6.61 Å². The van der Waals surface area contributed by atoms with Gasteiger partial charge in [0, 0.05) is 17.8 Å². The van der Waals surface area contributed by atoms with Crippen LogP contribution in [0, 0.1) is 10.1 Å². The van der Waals surface area contributed by atoms with Crippen LogP contribution in [0.15, 0.2) is 53.4 Å². The number of hydrogen-bond acceptors (Lipinski definition) is 7. The van der Waals surface area contributed by atoms with Crippen molar-refractivity contribution in [3.05, 3.63) is 64.2 Å². The molecule has 1 saturated heterocycles. The molecule has 1 fully saturated rings. The third-order valence-corrected chi connectivity index (χ3v) is 5.71. The number of esters is 1. The first-order valence-electron chi connectivity index (χ1n) is 8.63. The van der Waals surface area contributed by atoms with E-state index >= 15 is 0 Å². The van der Waals surface area contributed by atoms with Crippen molar-refractivity contribution in [2.75, 3.05) is 17.9 Å². The van der Waals surface area contributed by atoms with Gasteiger partial charge in [-0.1, -0.05) is 18.2 Å². The van der Waals surface area contributed by atoms with Crippen LogP contribution in [-0.2, 0) is 14.8 Å². The van der Waals surface area contributed by atoms with Crippen LogP contribution in [0.1, 0.15) is 23.2 Å². The molecule has 0 saturated carbocycles. The van der Waals surface area contributed by atoms with Crippen LogP contribution in [0.25, 0.3) is 0 Å². The average Bonchev–Trinajstić information content (AvgIpc) is 3.19. The van der Waals surface area contributed by atoms with Crippen LogP contribution in [0.4, 0.5) is 11.4 Å². The molecule has 0 amide bonds. The van der Waals surface area contributed by atoms with E-state index in [4.69, 9.17) is 4.74 Å². The molecule has 2 aromatic carbocycles. The number of nitrogens with one attached hydrogen (secondary N) is 2. The first kappa shape index (κ1) is 19.8. The zero-order chi connectivity index (χ0) is 20.1. The van der Waals surface area contributed by atoms with Gasteiger partial charge in [0.05, 0.1) is 10.5 Å². The maximum atomic E-state index is 12.6. The van der Waals surface area contributed by atoms with Gasteiger partial charge in [-0.3, -0.25) is 14.8 Å². The number of carbonyl (C=O) groups excluding carboxylic acids is 1. The molecular weight excluding hydrogens is 386 g/mol. The fraction of sp³-hybridized carbons (Fsp3) is 0.278. The van der Waals surface area contributed by atoms with Crippen molar-refractivity contribution in [1.29, 1.82) is 0 Å². The molecular formula is C18H19N3O6S. The molecule has 0 radical (unpaired) electrons. The van der Waals surface area contributed by atoms with E-state index in [0.717, 1.165) is 31.5 Å². The van der Waals surface area contributed by atoms with Gasteiger partial charge in [0.15, 0.2) is 4.90 Å². The Bertz CT molecular complexity index is 986. The summed E-state index contributed by atoms with van der Waals surface area (Å²) in [5.74, 6) is -0.569. The molecule has 28 heavy (non-hydrogen) atoms. The van der Waals surface area contributed by atoms with E-state index in [1.807, 2.05) is 0 Å². The fourth-order valence-electron chi connectivity index (χ4n) is 2.91. The third-order valence-electron chi connectivity index (χ3n) is 4.28. The lowest BCUT2D eigenvalue weighted by Crippen LogP contribution is -2.28. The van der Waals surface area contributed by atoms with Crippen molar-refractivity contribution in [3.63, 3.8) is 0 Å². The second-order valence-corrected chi connectivity index (χ2v) is 7.95. The number of hydrogen-bond donors (Lipinski definition) is 2. The summed E-state index contributed by atoms with van der Waals surface area (Å²) < 4.78 is 32.7. The number of anilines is 1. The molecule has 0 aliphatic carbocycles. The molecule has 9 nitrogen and oxygen atoms in total. The Kier molecular flexibility index (Phi) is 5.90. The van der Waals surface area contributed by atoms with Crippen molar-refractivity contribution in [2.45, 2.75) is 23.8 Å². The maximum absolute atomic E-state index is 12.6. The van der Waals surface area contributed by atoms with Gasteiger partial charge in [-0.15, -0.1) is 0 Å². The quantitative estimate of drug-likeness (QED) is 0.411. The predicted octanol–water partition coefficient (Wildman–Crippen LogP) is 2.30. The molecule has 10 heteroatoms. The lowest BCUT2D eigenvalue weighted by atomic mass is 10.2. The van der Waals surface area contributed by atoms with E-state index in [0.29, 0.717) is 0 Å². The fourth-order valence-corrected chi connectivity index (χ4v) is 4.14. The topological polar surface area (TPSA) is 128 Å². The highest BCUT2D eigenvalue weighted by Gasteiger charge is 2.25. The molecule has 3 rings (SSSR count). The van der Waals surface area contributed by atoms with Crippen LogP contribution in [0.2, 0.25) is 0 Å². The molecule has 0 aromatic heterocycles. The van der Waals surface area contributed by atoms with E-state index in [-0.39, 0.29) is 23.9 Å². The molecule has 1 atom stereocenters. The zero-order valence-electron chi connectivity index (χ0n) is 14.8. The minimum Gasteiger partial charge on any atom is -0.460 e. The van der Waals surface area contributed by atoms with Crippen LogP contribution in [0.5, 0.6) is 0 Å². The molecule has 1 aliphatic heterocycles. The summed E-state index contributed by atoms with van der Waals surface area (Å²) in [7, 11) is -4.21. The lowest BCUT2D eigenvalue weighted by molar-refractivity contribution is -0.387. The van der Waals surface area contributed by atoms with Crippen LogP contribution in [-0.4, -0.2) is 38.5 Å². The van der Waals surface area contributed by atoms with Crippen LogP contribution < -0.4 is 10.0 Å². The first-order valence-corrected chi connectivity index (χ1v) is 10.1. The van der Waals surface area contributed by atoms with Gasteiger partial charge in [-0.25, -0.2) is 13.2 Å².